The Balaban J connectivity index is 0.000000125. The smallest absolute Gasteiger partial charge is 0.0996 e. The van der Waals surface area contributed by atoms with Crippen LogP contribution in [0.15, 0.2) is 305 Å². The topological polar surface area (TPSA) is 232 Å². The average molecular weight is 1470 g/mol. The Morgan fingerprint density at radius 3 is 0.730 bits per heavy atom. The predicted molar refractivity (Wildman–Crippen MR) is 389 cm³/mol. The molecule has 0 atom stereocenters. The summed E-state index contributed by atoms with van der Waals surface area (Å²) >= 11 is 0. The molecule has 0 bridgehead atoms. The van der Waals surface area contributed by atoms with Gasteiger partial charge in [0.25, 0.3) is 0 Å². The second kappa shape index (κ2) is 34.3. The standard InChI is InChI=1S/C21H13N5.C20H10N4.4C10H8N2.2Ru/c22-9-1-4-13-7-8-16-17(12-13)26-21-15-6-3-11-24-19(15)18-14(20(21)25-16)5-2-10-23-18;1-2-12-7-8-15-16(11-12)24-20-14-6-4-10-22-18(14)17-13(19(20)23-15)5-3-9-21-17;4*1-3-7-11-9(5-1)10-6-2-4-8-12-10;;/h2-3,5-8,10-12H,9,22H2;1,3-11H;4*1-8H;;. The van der Waals surface area contributed by atoms with E-state index in [2.05, 4.69) is 77.6 Å². The van der Waals surface area contributed by atoms with Crippen LogP contribution in [0, 0.1) is 24.2 Å². The van der Waals surface area contributed by atoms with Gasteiger partial charge in [0.05, 0.1) is 118 Å². The Morgan fingerprint density at radius 1 is 0.250 bits per heavy atom. The molecule has 2 N–H and O–H groups in total. The van der Waals surface area contributed by atoms with Crippen molar-refractivity contribution in [1.82, 2.24) is 79.7 Å². The number of hydrogen-bond acceptors (Lipinski definition) is 17. The number of hydrogen-bond donors (Lipinski definition) is 1. The summed E-state index contributed by atoms with van der Waals surface area (Å²) in [4.78, 5) is 71.0. The van der Waals surface area contributed by atoms with Gasteiger partial charge >= 0.3 is 0 Å². The largest absolute Gasteiger partial charge is 0.320 e. The molecular formula is C81H55N17Ru2. The number of terminal acetylenes is 1. The van der Waals surface area contributed by atoms with Crippen molar-refractivity contribution in [3.05, 3.63) is 316 Å². The first-order valence-corrected chi connectivity index (χ1v) is 31.0. The quantitative estimate of drug-likeness (QED) is 0.0747. The van der Waals surface area contributed by atoms with Crippen LogP contribution >= 0.6 is 0 Å². The van der Waals surface area contributed by atoms with Gasteiger partial charge in [-0.05, 0) is 182 Å². The van der Waals surface area contributed by atoms with E-state index in [1.54, 1.807) is 74.4 Å². The molecule has 0 amide bonds. The first-order chi connectivity index (χ1) is 48.6. The summed E-state index contributed by atoms with van der Waals surface area (Å²) in [6.07, 6.45) is 26.7. The van der Waals surface area contributed by atoms with Crippen LogP contribution in [0.2, 0.25) is 0 Å². The van der Waals surface area contributed by atoms with Gasteiger partial charge in [-0.1, -0.05) is 66.3 Å². The maximum atomic E-state index is 5.50. The number of nitrogens with two attached hydrogens (primary N) is 1. The van der Waals surface area contributed by atoms with Crippen molar-refractivity contribution >= 4 is 87.7 Å². The normalized spacial score (nSPS) is 10.2. The molecule has 0 aliphatic rings. The monoisotopic (exact) mass is 1470 g/mol. The van der Waals surface area contributed by atoms with Gasteiger partial charge < -0.3 is 5.73 Å². The zero-order chi connectivity index (χ0) is 66.5. The second-order valence-electron chi connectivity index (χ2n) is 21.2. The number of benzene rings is 4. The van der Waals surface area contributed by atoms with Crippen molar-refractivity contribution in [1.29, 1.82) is 0 Å². The van der Waals surface area contributed by atoms with Gasteiger partial charge in [0.1, 0.15) is 0 Å². The Kier molecular flexibility index (Phi) is 23.5. The molecule has 0 spiro atoms. The van der Waals surface area contributed by atoms with E-state index in [0.29, 0.717) is 6.54 Å². The van der Waals surface area contributed by atoms with Crippen molar-refractivity contribution in [3.8, 4) is 69.7 Å². The minimum absolute atomic E-state index is 0. The molecule has 4 aromatic carbocycles. The first-order valence-electron chi connectivity index (χ1n) is 31.0. The molecule has 0 aliphatic heterocycles. The molecule has 0 radical (unpaired) electrons. The van der Waals surface area contributed by atoms with E-state index in [1.165, 1.54) is 0 Å². The van der Waals surface area contributed by atoms with Crippen LogP contribution in [-0.2, 0) is 39.0 Å². The molecule has 17 nitrogen and oxygen atoms in total. The van der Waals surface area contributed by atoms with Crippen LogP contribution in [0.5, 0.6) is 0 Å². The van der Waals surface area contributed by atoms with E-state index in [9.17, 15) is 0 Å². The number of nitrogens with zero attached hydrogens (tertiary/aromatic N) is 16. The van der Waals surface area contributed by atoms with Crippen molar-refractivity contribution in [2.24, 2.45) is 5.73 Å². The number of fused-ring (bicyclic) bond motifs is 14. The van der Waals surface area contributed by atoms with Crippen molar-refractivity contribution in [3.63, 3.8) is 0 Å². The first kappa shape index (κ1) is 68.6. The molecular weight excluding hydrogens is 1410 g/mol. The van der Waals surface area contributed by atoms with Gasteiger partial charge in [-0.25, -0.2) is 19.9 Å². The third-order valence-corrected chi connectivity index (χ3v) is 14.9. The van der Waals surface area contributed by atoms with Crippen molar-refractivity contribution in [2.45, 2.75) is 0 Å². The maximum absolute atomic E-state index is 5.50. The zero-order valence-electron chi connectivity index (χ0n) is 53.1. The van der Waals surface area contributed by atoms with Crippen LogP contribution in [0.4, 0.5) is 0 Å². The molecule has 480 valence electrons. The molecule has 18 rings (SSSR count). The average Bonchev–Trinajstić information content (AvgIpc) is 0.745. The number of pyridine rings is 12. The van der Waals surface area contributed by atoms with Gasteiger partial charge in [0.2, 0.25) is 0 Å². The molecule has 14 aromatic heterocycles. The minimum Gasteiger partial charge on any atom is -0.320 e. The summed E-state index contributed by atoms with van der Waals surface area (Å²) in [6, 6.07) is 73.5. The molecule has 0 unspecified atom stereocenters. The van der Waals surface area contributed by atoms with Crippen molar-refractivity contribution < 1.29 is 39.0 Å². The van der Waals surface area contributed by atoms with Gasteiger partial charge in [-0.3, -0.25) is 59.8 Å². The number of rotatable bonds is 4. The summed E-state index contributed by atoms with van der Waals surface area (Å²) < 4.78 is 0. The summed E-state index contributed by atoms with van der Waals surface area (Å²) in [7, 11) is 0. The van der Waals surface area contributed by atoms with E-state index in [0.717, 1.165) is 144 Å². The summed E-state index contributed by atoms with van der Waals surface area (Å²) in [5.41, 5.74) is 24.3. The van der Waals surface area contributed by atoms with E-state index < -0.39 is 0 Å². The molecule has 18 aromatic rings. The van der Waals surface area contributed by atoms with E-state index in [-0.39, 0.29) is 39.0 Å². The van der Waals surface area contributed by atoms with Crippen LogP contribution in [0.3, 0.4) is 0 Å². The fourth-order valence-electron chi connectivity index (χ4n) is 10.4. The second-order valence-corrected chi connectivity index (χ2v) is 21.2. The predicted octanol–water partition coefficient (Wildman–Crippen LogP) is 15.6. The van der Waals surface area contributed by atoms with Gasteiger partial charge in [0, 0.05) is 146 Å². The summed E-state index contributed by atoms with van der Waals surface area (Å²) in [5.74, 6) is 8.56. The van der Waals surface area contributed by atoms with Crippen LogP contribution < -0.4 is 5.73 Å². The maximum Gasteiger partial charge on any atom is 0.0996 e. The van der Waals surface area contributed by atoms with E-state index in [1.807, 2.05) is 231 Å². The van der Waals surface area contributed by atoms with Gasteiger partial charge in [-0.15, -0.1) is 6.42 Å². The van der Waals surface area contributed by atoms with Crippen LogP contribution in [0.25, 0.3) is 133 Å². The van der Waals surface area contributed by atoms with Gasteiger partial charge in [-0.2, -0.15) is 0 Å². The molecule has 0 saturated heterocycles. The van der Waals surface area contributed by atoms with Crippen molar-refractivity contribution in [2.75, 3.05) is 6.54 Å². The summed E-state index contributed by atoms with van der Waals surface area (Å²) in [5, 5.41) is 3.80. The Hall–Kier alpha value is -12.8. The molecule has 0 saturated carbocycles. The Labute approximate surface area is 600 Å². The zero-order valence-corrected chi connectivity index (χ0v) is 56.6. The molecule has 0 fully saturated rings. The SMILES string of the molecule is C#Cc1ccc2nc3c4cccnc4c4ncccc4c3nc2c1.NCC#Cc1ccc2nc3c4cccnc4c4ncccc4c3nc2c1.[Ru].[Ru].c1ccc(-c2ccccn2)nc1.c1ccc(-c2ccccn2)nc1.c1ccc(-c2ccccn2)nc1.c1ccc(-c2ccccn2)nc1. The molecule has 0 aliphatic carbocycles. The summed E-state index contributed by atoms with van der Waals surface area (Å²) in [6.45, 7) is 0.330. The number of aromatic nitrogens is 16. The Morgan fingerprint density at radius 2 is 0.490 bits per heavy atom. The molecule has 100 heavy (non-hydrogen) atoms. The van der Waals surface area contributed by atoms with Gasteiger partial charge in [0.15, 0.2) is 0 Å². The molecule has 19 heteroatoms. The fourth-order valence-corrected chi connectivity index (χ4v) is 10.4. The fraction of sp³-hybridized carbons (Fsp3) is 0.0123. The molecule has 14 heterocycles. The van der Waals surface area contributed by atoms with E-state index in [4.69, 9.17) is 32.1 Å². The minimum atomic E-state index is 0. The Bertz CT molecular complexity index is 5360. The third-order valence-electron chi connectivity index (χ3n) is 14.9. The van der Waals surface area contributed by atoms with Crippen LogP contribution in [-0.4, -0.2) is 86.3 Å². The van der Waals surface area contributed by atoms with E-state index >= 15 is 0 Å². The van der Waals surface area contributed by atoms with Crippen LogP contribution in [0.1, 0.15) is 11.1 Å². The third kappa shape index (κ3) is 16.5.